The number of fused-ring (bicyclic) bond motifs is 1. The van der Waals surface area contributed by atoms with Crippen LogP contribution in [0, 0.1) is 0 Å². The zero-order chi connectivity index (χ0) is 18.8. The van der Waals surface area contributed by atoms with Crippen LogP contribution in [0.15, 0.2) is 65.6 Å². The minimum absolute atomic E-state index is 0.0354. The van der Waals surface area contributed by atoms with E-state index in [0.717, 1.165) is 11.3 Å². The fourth-order valence-electron chi connectivity index (χ4n) is 2.83. The first-order valence-electron chi connectivity index (χ1n) is 8.21. The number of hydrogen-bond donors (Lipinski definition) is 3. The number of para-hydroxylation sites is 1. The van der Waals surface area contributed by atoms with Crippen LogP contribution in [-0.4, -0.2) is 31.2 Å². The van der Waals surface area contributed by atoms with Crippen LogP contribution in [0.25, 0.3) is 27.8 Å². The first-order valence-corrected chi connectivity index (χ1v) is 8.21. The van der Waals surface area contributed by atoms with Gasteiger partial charge < -0.3 is 15.4 Å². The second-order valence-corrected chi connectivity index (χ2v) is 5.96. The maximum atomic E-state index is 12.4. The van der Waals surface area contributed by atoms with Crippen LogP contribution in [-0.2, 0) is 6.54 Å². The van der Waals surface area contributed by atoms with Gasteiger partial charge >= 0.3 is 6.09 Å². The molecule has 0 saturated carbocycles. The molecule has 8 heteroatoms. The van der Waals surface area contributed by atoms with Crippen molar-refractivity contribution in [2.75, 3.05) is 0 Å². The summed E-state index contributed by atoms with van der Waals surface area (Å²) in [6, 6.07) is 16.4. The minimum Gasteiger partial charge on any atom is -0.465 e. The summed E-state index contributed by atoms with van der Waals surface area (Å²) in [4.78, 5) is 26.1. The SMILES string of the molecule is O=C(O)NCc1cc(=O)c2cc(-c3cn(-c4ccccc4)nn3)ccc2[nH]1. The topological polar surface area (TPSA) is 113 Å². The third-order valence-corrected chi connectivity index (χ3v) is 4.13. The Labute approximate surface area is 153 Å². The Morgan fingerprint density at radius 1 is 1.15 bits per heavy atom. The molecule has 2 aromatic heterocycles. The summed E-state index contributed by atoms with van der Waals surface area (Å²) in [6.45, 7) is 0.0354. The first-order chi connectivity index (χ1) is 13.1. The second-order valence-electron chi connectivity index (χ2n) is 5.96. The van der Waals surface area contributed by atoms with Crippen molar-refractivity contribution in [3.05, 3.63) is 76.7 Å². The van der Waals surface area contributed by atoms with Crippen molar-refractivity contribution in [2.24, 2.45) is 0 Å². The van der Waals surface area contributed by atoms with E-state index in [0.29, 0.717) is 22.3 Å². The number of nitrogens with one attached hydrogen (secondary N) is 2. The highest BCUT2D eigenvalue weighted by atomic mass is 16.4. The normalized spacial score (nSPS) is 10.8. The van der Waals surface area contributed by atoms with Crippen molar-refractivity contribution in [2.45, 2.75) is 6.54 Å². The molecule has 0 bridgehead atoms. The van der Waals surface area contributed by atoms with E-state index in [9.17, 15) is 9.59 Å². The fourth-order valence-corrected chi connectivity index (χ4v) is 2.83. The molecule has 27 heavy (non-hydrogen) atoms. The van der Waals surface area contributed by atoms with E-state index < -0.39 is 6.09 Å². The van der Waals surface area contributed by atoms with Crippen molar-refractivity contribution in [1.29, 1.82) is 0 Å². The first kappa shape index (κ1) is 16.5. The third kappa shape index (κ3) is 3.40. The molecule has 0 aliphatic carbocycles. The summed E-state index contributed by atoms with van der Waals surface area (Å²) in [5, 5.41) is 19.7. The molecule has 4 rings (SSSR count). The minimum atomic E-state index is -1.15. The summed E-state index contributed by atoms with van der Waals surface area (Å²) in [7, 11) is 0. The average Bonchev–Trinajstić information content (AvgIpc) is 3.17. The van der Waals surface area contributed by atoms with Gasteiger partial charge in [-0.3, -0.25) is 4.79 Å². The van der Waals surface area contributed by atoms with Crippen molar-refractivity contribution in [3.63, 3.8) is 0 Å². The molecule has 0 atom stereocenters. The number of hydrogen-bond acceptors (Lipinski definition) is 4. The Hall–Kier alpha value is -3.94. The Morgan fingerprint density at radius 2 is 1.96 bits per heavy atom. The highest BCUT2D eigenvalue weighted by Crippen LogP contribution is 2.21. The number of H-pyrrole nitrogens is 1. The molecule has 0 fully saturated rings. The molecule has 0 saturated heterocycles. The molecule has 0 spiro atoms. The van der Waals surface area contributed by atoms with Gasteiger partial charge in [-0.15, -0.1) is 5.10 Å². The summed E-state index contributed by atoms with van der Waals surface area (Å²) in [6.07, 6.45) is 0.656. The average molecular weight is 361 g/mol. The van der Waals surface area contributed by atoms with Crippen LogP contribution in [0.3, 0.4) is 0 Å². The van der Waals surface area contributed by atoms with Gasteiger partial charge in [-0.2, -0.15) is 0 Å². The van der Waals surface area contributed by atoms with Gasteiger partial charge in [0.25, 0.3) is 0 Å². The van der Waals surface area contributed by atoms with Gasteiger partial charge in [0.1, 0.15) is 5.69 Å². The molecule has 2 heterocycles. The Kier molecular flexibility index (Phi) is 4.13. The molecule has 3 N–H and O–H groups in total. The summed E-state index contributed by atoms with van der Waals surface area (Å²) < 4.78 is 1.67. The lowest BCUT2D eigenvalue weighted by atomic mass is 10.1. The van der Waals surface area contributed by atoms with Crippen LogP contribution in [0.4, 0.5) is 4.79 Å². The molecule has 134 valence electrons. The van der Waals surface area contributed by atoms with E-state index in [-0.39, 0.29) is 12.0 Å². The monoisotopic (exact) mass is 361 g/mol. The molecule has 0 aliphatic heterocycles. The molecule has 4 aromatic rings. The predicted octanol–water partition coefficient (Wildman–Crippen LogP) is 2.54. The number of rotatable bonds is 4. The van der Waals surface area contributed by atoms with Gasteiger partial charge in [-0.1, -0.05) is 29.5 Å². The third-order valence-electron chi connectivity index (χ3n) is 4.13. The molecule has 8 nitrogen and oxygen atoms in total. The molecule has 0 aliphatic rings. The number of aromatic nitrogens is 4. The van der Waals surface area contributed by atoms with Gasteiger partial charge in [0.2, 0.25) is 0 Å². The molecule has 2 aromatic carbocycles. The van der Waals surface area contributed by atoms with Crippen molar-refractivity contribution in [3.8, 4) is 16.9 Å². The fraction of sp³-hybridized carbons (Fsp3) is 0.0526. The highest BCUT2D eigenvalue weighted by molar-refractivity contribution is 5.83. The predicted molar refractivity (Wildman–Crippen MR) is 99.8 cm³/mol. The summed E-state index contributed by atoms with van der Waals surface area (Å²) in [5.74, 6) is 0. The Morgan fingerprint density at radius 3 is 2.74 bits per heavy atom. The zero-order valence-electron chi connectivity index (χ0n) is 14.1. The molecular formula is C19H15N5O3. The Balaban J connectivity index is 1.69. The smallest absolute Gasteiger partial charge is 0.404 e. The van der Waals surface area contributed by atoms with Gasteiger partial charge in [-0.25, -0.2) is 9.48 Å². The quantitative estimate of drug-likeness (QED) is 0.517. The van der Waals surface area contributed by atoms with Crippen LogP contribution >= 0.6 is 0 Å². The molecule has 0 unspecified atom stereocenters. The molecule has 1 amide bonds. The lowest BCUT2D eigenvalue weighted by Gasteiger charge is -2.05. The van der Waals surface area contributed by atoms with E-state index in [1.54, 1.807) is 23.0 Å². The van der Waals surface area contributed by atoms with E-state index >= 15 is 0 Å². The van der Waals surface area contributed by atoms with Crippen molar-refractivity contribution >= 4 is 17.0 Å². The van der Waals surface area contributed by atoms with Gasteiger partial charge in [0.15, 0.2) is 5.43 Å². The number of amides is 1. The lowest BCUT2D eigenvalue weighted by Crippen LogP contribution is -2.21. The Bertz CT molecular complexity index is 1180. The number of carboxylic acid groups (broad SMARTS) is 1. The van der Waals surface area contributed by atoms with Gasteiger partial charge in [0, 0.05) is 28.2 Å². The number of nitrogens with zero attached hydrogens (tertiary/aromatic N) is 3. The van der Waals surface area contributed by atoms with E-state index in [1.807, 2.05) is 36.4 Å². The second kappa shape index (κ2) is 6.75. The summed E-state index contributed by atoms with van der Waals surface area (Å²) in [5.41, 5.74) is 3.25. The summed E-state index contributed by atoms with van der Waals surface area (Å²) >= 11 is 0. The number of aromatic amines is 1. The highest BCUT2D eigenvalue weighted by Gasteiger charge is 2.09. The maximum absolute atomic E-state index is 12.4. The van der Waals surface area contributed by atoms with Crippen molar-refractivity contribution in [1.82, 2.24) is 25.3 Å². The number of pyridine rings is 1. The molecule has 0 radical (unpaired) electrons. The largest absolute Gasteiger partial charge is 0.465 e. The number of benzene rings is 2. The lowest BCUT2D eigenvalue weighted by molar-refractivity contribution is 0.194. The van der Waals surface area contributed by atoms with E-state index in [2.05, 4.69) is 20.6 Å². The molecular weight excluding hydrogens is 346 g/mol. The van der Waals surface area contributed by atoms with Crippen LogP contribution in [0.5, 0.6) is 0 Å². The zero-order valence-corrected chi connectivity index (χ0v) is 14.1. The maximum Gasteiger partial charge on any atom is 0.404 e. The number of carbonyl (C=O) groups is 1. The van der Waals surface area contributed by atoms with E-state index in [4.69, 9.17) is 5.11 Å². The van der Waals surface area contributed by atoms with Crippen LogP contribution in [0.2, 0.25) is 0 Å². The van der Waals surface area contributed by atoms with Crippen molar-refractivity contribution < 1.29 is 9.90 Å². The van der Waals surface area contributed by atoms with Gasteiger partial charge in [-0.05, 0) is 24.3 Å². The van der Waals surface area contributed by atoms with Gasteiger partial charge in [0.05, 0.1) is 18.4 Å². The van der Waals surface area contributed by atoms with Crippen LogP contribution < -0.4 is 10.7 Å². The van der Waals surface area contributed by atoms with E-state index in [1.165, 1.54) is 6.07 Å². The van der Waals surface area contributed by atoms with Crippen LogP contribution in [0.1, 0.15) is 5.69 Å². The standard InChI is InChI=1S/C19H15N5O3/c25-18-9-13(10-20-19(26)27)21-16-7-6-12(8-15(16)18)17-11-24(23-22-17)14-4-2-1-3-5-14/h1-9,11,20H,10H2,(H,21,25)(H,26,27).